The summed E-state index contributed by atoms with van der Waals surface area (Å²) in [5.41, 5.74) is 0. The maximum Gasteiger partial charge on any atom is 0.0666 e. The molecule has 3 nitrogen and oxygen atoms in total. The van der Waals surface area contributed by atoms with Crippen molar-refractivity contribution >= 4 is 0 Å². The zero-order valence-corrected chi connectivity index (χ0v) is 9.71. The summed E-state index contributed by atoms with van der Waals surface area (Å²) in [6.07, 6.45) is 1.21. The lowest BCUT2D eigenvalue weighted by molar-refractivity contribution is 0.287. The Labute approximate surface area is 88.1 Å². The highest BCUT2D eigenvalue weighted by Crippen LogP contribution is 1.90. The summed E-state index contributed by atoms with van der Waals surface area (Å²) in [7, 11) is 0. The molecule has 0 aliphatic carbocycles. The van der Waals surface area contributed by atoms with E-state index in [1.54, 1.807) is 0 Å². The van der Waals surface area contributed by atoms with Gasteiger partial charge in [-0.2, -0.15) is 5.26 Å². The third kappa shape index (κ3) is 6.88. The second kappa shape index (κ2) is 8.98. The van der Waals surface area contributed by atoms with E-state index in [-0.39, 0.29) is 5.92 Å². The fourth-order valence-electron chi connectivity index (χ4n) is 1.35. The molecule has 0 aliphatic rings. The van der Waals surface area contributed by atoms with Crippen LogP contribution in [0.15, 0.2) is 0 Å². The van der Waals surface area contributed by atoms with Gasteiger partial charge in [-0.15, -0.1) is 0 Å². The number of hydrogen-bond acceptors (Lipinski definition) is 3. The molecule has 0 fully saturated rings. The minimum Gasteiger partial charge on any atom is -0.314 e. The molecule has 1 atom stereocenters. The Morgan fingerprint density at radius 1 is 1.36 bits per heavy atom. The molecule has 1 N–H and O–H groups in total. The highest BCUT2D eigenvalue weighted by atomic mass is 15.1. The Morgan fingerprint density at radius 3 is 2.57 bits per heavy atom. The first-order valence-electron chi connectivity index (χ1n) is 5.57. The standard InChI is InChI=1S/C11H23N3/c1-4-7-14(5-2)8-6-13-10-11(3)9-12/h11,13H,4-8,10H2,1-3H3. The number of rotatable bonds is 8. The smallest absolute Gasteiger partial charge is 0.0666 e. The molecular formula is C11H23N3. The van der Waals surface area contributed by atoms with Crippen molar-refractivity contribution in [1.29, 1.82) is 5.26 Å². The highest BCUT2D eigenvalue weighted by Gasteiger charge is 2.01. The van der Waals surface area contributed by atoms with Gasteiger partial charge in [0, 0.05) is 19.6 Å². The fraction of sp³-hybridized carbons (Fsp3) is 0.909. The van der Waals surface area contributed by atoms with Crippen LogP contribution in [0.4, 0.5) is 0 Å². The minimum atomic E-state index is 0.122. The molecule has 0 saturated heterocycles. The quantitative estimate of drug-likeness (QED) is 0.599. The van der Waals surface area contributed by atoms with Crippen molar-refractivity contribution in [2.75, 3.05) is 32.7 Å². The highest BCUT2D eigenvalue weighted by molar-refractivity contribution is 4.80. The molecule has 0 aromatic heterocycles. The number of nitriles is 1. The topological polar surface area (TPSA) is 39.1 Å². The van der Waals surface area contributed by atoms with Gasteiger partial charge >= 0.3 is 0 Å². The molecule has 0 rings (SSSR count). The molecule has 0 spiro atoms. The van der Waals surface area contributed by atoms with Crippen molar-refractivity contribution in [2.45, 2.75) is 27.2 Å². The number of nitrogens with zero attached hydrogens (tertiary/aromatic N) is 2. The van der Waals surface area contributed by atoms with Gasteiger partial charge in [0.2, 0.25) is 0 Å². The molecule has 1 unspecified atom stereocenters. The molecule has 0 amide bonds. The van der Waals surface area contributed by atoms with Gasteiger partial charge in [0.1, 0.15) is 0 Å². The molecule has 0 aliphatic heterocycles. The van der Waals surface area contributed by atoms with Crippen LogP contribution in [0.5, 0.6) is 0 Å². The van der Waals surface area contributed by atoms with Crippen molar-refractivity contribution in [3.05, 3.63) is 0 Å². The van der Waals surface area contributed by atoms with Crippen LogP contribution in [0.3, 0.4) is 0 Å². The van der Waals surface area contributed by atoms with Crippen LogP contribution in [0.2, 0.25) is 0 Å². The first-order chi connectivity index (χ1) is 6.74. The van der Waals surface area contributed by atoms with Crippen molar-refractivity contribution in [1.82, 2.24) is 10.2 Å². The average Bonchev–Trinajstić information content (AvgIpc) is 2.22. The Balaban J connectivity index is 3.38. The van der Waals surface area contributed by atoms with E-state index in [4.69, 9.17) is 5.26 Å². The van der Waals surface area contributed by atoms with E-state index in [2.05, 4.69) is 30.1 Å². The van der Waals surface area contributed by atoms with Gasteiger partial charge in [-0.05, 0) is 26.4 Å². The summed E-state index contributed by atoms with van der Waals surface area (Å²) in [5, 5.41) is 11.9. The largest absolute Gasteiger partial charge is 0.314 e. The van der Waals surface area contributed by atoms with Gasteiger partial charge in [-0.25, -0.2) is 0 Å². The van der Waals surface area contributed by atoms with Gasteiger partial charge in [0.15, 0.2) is 0 Å². The number of likely N-dealkylation sites (N-methyl/N-ethyl adjacent to an activating group) is 1. The summed E-state index contributed by atoms with van der Waals surface area (Å²) in [4.78, 5) is 2.42. The second-order valence-electron chi connectivity index (χ2n) is 3.67. The lowest BCUT2D eigenvalue weighted by Crippen LogP contribution is -2.34. The first kappa shape index (κ1) is 13.4. The van der Waals surface area contributed by atoms with Crippen molar-refractivity contribution in [2.24, 2.45) is 5.92 Å². The van der Waals surface area contributed by atoms with Crippen molar-refractivity contribution in [3.63, 3.8) is 0 Å². The van der Waals surface area contributed by atoms with Gasteiger partial charge in [-0.3, -0.25) is 0 Å². The van der Waals surface area contributed by atoms with Crippen LogP contribution in [-0.2, 0) is 0 Å². The van der Waals surface area contributed by atoms with Gasteiger partial charge in [0.25, 0.3) is 0 Å². The Hall–Kier alpha value is -0.590. The maximum absolute atomic E-state index is 8.57. The average molecular weight is 197 g/mol. The third-order valence-electron chi connectivity index (χ3n) is 2.26. The predicted molar refractivity (Wildman–Crippen MR) is 60.1 cm³/mol. The molecule has 0 aromatic carbocycles. The summed E-state index contributed by atoms with van der Waals surface area (Å²) < 4.78 is 0. The zero-order chi connectivity index (χ0) is 10.8. The molecule has 14 heavy (non-hydrogen) atoms. The van der Waals surface area contributed by atoms with Gasteiger partial charge < -0.3 is 10.2 Å². The number of hydrogen-bond donors (Lipinski definition) is 1. The monoisotopic (exact) mass is 197 g/mol. The Bertz CT molecular complexity index is 162. The molecular weight excluding hydrogens is 174 g/mol. The van der Waals surface area contributed by atoms with Crippen molar-refractivity contribution in [3.8, 4) is 6.07 Å². The van der Waals surface area contributed by atoms with Gasteiger partial charge in [-0.1, -0.05) is 13.8 Å². The predicted octanol–water partition coefficient (Wildman–Crippen LogP) is 1.47. The van der Waals surface area contributed by atoms with E-state index in [0.29, 0.717) is 0 Å². The summed E-state index contributed by atoms with van der Waals surface area (Å²) >= 11 is 0. The molecule has 0 aromatic rings. The molecule has 0 radical (unpaired) electrons. The Kier molecular flexibility index (Phi) is 8.61. The van der Waals surface area contributed by atoms with E-state index in [1.807, 2.05) is 6.92 Å². The normalized spacial score (nSPS) is 12.8. The van der Waals surface area contributed by atoms with E-state index in [1.165, 1.54) is 13.0 Å². The summed E-state index contributed by atoms with van der Waals surface area (Å²) in [6.45, 7) is 11.5. The van der Waals surface area contributed by atoms with Crippen LogP contribution in [0.1, 0.15) is 27.2 Å². The first-order valence-corrected chi connectivity index (χ1v) is 5.57. The number of nitrogens with one attached hydrogen (secondary N) is 1. The summed E-state index contributed by atoms with van der Waals surface area (Å²) in [6, 6.07) is 2.22. The van der Waals surface area contributed by atoms with Crippen LogP contribution in [0, 0.1) is 17.2 Å². The third-order valence-corrected chi connectivity index (χ3v) is 2.26. The van der Waals surface area contributed by atoms with E-state index in [0.717, 1.165) is 26.2 Å². The van der Waals surface area contributed by atoms with E-state index < -0.39 is 0 Å². The van der Waals surface area contributed by atoms with E-state index in [9.17, 15) is 0 Å². The van der Waals surface area contributed by atoms with E-state index >= 15 is 0 Å². The van der Waals surface area contributed by atoms with Crippen molar-refractivity contribution < 1.29 is 0 Å². The zero-order valence-electron chi connectivity index (χ0n) is 9.71. The fourth-order valence-corrected chi connectivity index (χ4v) is 1.35. The molecule has 3 heteroatoms. The maximum atomic E-state index is 8.57. The molecule has 0 heterocycles. The molecule has 0 saturated carbocycles. The van der Waals surface area contributed by atoms with Crippen LogP contribution < -0.4 is 5.32 Å². The molecule has 82 valence electrons. The minimum absolute atomic E-state index is 0.122. The lowest BCUT2D eigenvalue weighted by Gasteiger charge is -2.19. The lowest BCUT2D eigenvalue weighted by atomic mass is 10.2. The SMILES string of the molecule is CCCN(CC)CCNCC(C)C#N. The van der Waals surface area contributed by atoms with Crippen LogP contribution >= 0.6 is 0 Å². The molecule has 0 bridgehead atoms. The van der Waals surface area contributed by atoms with Crippen LogP contribution in [-0.4, -0.2) is 37.6 Å². The Morgan fingerprint density at radius 2 is 2.07 bits per heavy atom. The van der Waals surface area contributed by atoms with Gasteiger partial charge in [0.05, 0.1) is 12.0 Å². The summed E-state index contributed by atoms with van der Waals surface area (Å²) in [5.74, 6) is 0.122. The second-order valence-corrected chi connectivity index (χ2v) is 3.67. The van der Waals surface area contributed by atoms with Crippen LogP contribution in [0.25, 0.3) is 0 Å².